The van der Waals surface area contributed by atoms with Gasteiger partial charge in [0.25, 0.3) is 0 Å². The van der Waals surface area contributed by atoms with Crippen LogP contribution in [0.4, 0.5) is 5.69 Å². The summed E-state index contributed by atoms with van der Waals surface area (Å²) >= 11 is 0. The Kier molecular flexibility index (Phi) is 5.05. The predicted octanol–water partition coefficient (Wildman–Crippen LogP) is 4.07. The van der Waals surface area contributed by atoms with Crippen LogP contribution in [0.3, 0.4) is 0 Å². The van der Waals surface area contributed by atoms with E-state index in [4.69, 9.17) is 13.9 Å². The van der Waals surface area contributed by atoms with Crippen molar-refractivity contribution in [2.24, 2.45) is 0 Å². The van der Waals surface area contributed by atoms with E-state index in [0.717, 1.165) is 11.3 Å². The third kappa shape index (κ3) is 4.28. The SMILES string of the molecule is O=C(CCCc1ncc(-c2ccccc2)o1)Nc1ccc2c(c1)OCCO2. The third-order valence-corrected chi connectivity index (χ3v) is 4.23. The number of carbonyl (C=O) groups is 1. The number of benzene rings is 2. The molecule has 6 nitrogen and oxygen atoms in total. The van der Waals surface area contributed by atoms with Gasteiger partial charge < -0.3 is 19.2 Å². The molecule has 0 unspecified atom stereocenters. The molecule has 0 saturated heterocycles. The van der Waals surface area contributed by atoms with Crippen LogP contribution < -0.4 is 14.8 Å². The Morgan fingerprint density at radius 1 is 1.04 bits per heavy atom. The fourth-order valence-electron chi connectivity index (χ4n) is 2.91. The zero-order valence-electron chi connectivity index (χ0n) is 14.8. The molecule has 3 aromatic rings. The van der Waals surface area contributed by atoms with E-state index in [1.807, 2.05) is 42.5 Å². The highest BCUT2D eigenvalue weighted by atomic mass is 16.6. The van der Waals surface area contributed by atoms with Crippen molar-refractivity contribution in [3.63, 3.8) is 0 Å². The van der Waals surface area contributed by atoms with Gasteiger partial charge in [0.05, 0.1) is 6.20 Å². The lowest BCUT2D eigenvalue weighted by atomic mass is 10.2. The van der Waals surface area contributed by atoms with E-state index in [-0.39, 0.29) is 5.91 Å². The molecule has 2 heterocycles. The first kappa shape index (κ1) is 17.1. The molecular formula is C21H20N2O4. The van der Waals surface area contributed by atoms with Gasteiger partial charge in [0, 0.05) is 30.2 Å². The standard InChI is InChI=1S/C21H20N2O4/c24-20(23-16-9-10-17-18(13-16)26-12-11-25-17)7-4-8-21-22-14-19(27-21)15-5-2-1-3-6-15/h1-3,5-6,9-10,13-14H,4,7-8,11-12H2,(H,23,24). The molecule has 0 bridgehead atoms. The first-order valence-electron chi connectivity index (χ1n) is 8.97. The highest BCUT2D eigenvalue weighted by molar-refractivity contribution is 5.91. The van der Waals surface area contributed by atoms with Crippen molar-refractivity contribution >= 4 is 11.6 Å². The van der Waals surface area contributed by atoms with Gasteiger partial charge in [-0.25, -0.2) is 4.98 Å². The van der Waals surface area contributed by atoms with E-state index < -0.39 is 0 Å². The van der Waals surface area contributed by atoms with Crippen molar-refractivity contribution < 1.29 is 18.7 Å². The number of nitrogens with one attached hydrogen (secondary N) is 1. The van der Waals surface area contributed by atoms with Crippen LogP contribution in [-0.4, -0.2) is 24.1 Å². The summed E-state index contributed by atoms with van der Waals surface area (Å²) in [4.78, 5) is 16.5. The normalized spacial score (nSPS) is 12.6. The number of hydrogen-bond acceptors (Lipinski definition) is 5. The summed E-state index contributed by atoms with van der Waals surface area (Å²) in [7, 11) is 0. The number of nitrogens with zero attached hydrogens (tertiary/aromatic N) is 1. The molecule has 1 aliphatic rings. The molecule has 1 N–H and O–H groups in total. The largest absolute Gasteiger partial charge is 0.486 e. The number of amides is 1. The summed E-state index contributed by atoms with van der Waals surface area (Å²) in [5.74, 6) is 2.69. The molecule has 138 valence electrons. The first-order chi connectivity index (χ1) is 13.3. The van der Waals surface area contributed by atoms with Crippen molar-refractivity contribution in [1.82, 2.24) is 4.98 Å². The molecule has 1 aliphatic heterocycles. The molecule has 27 heavy (non-hydrogen) atoms. The highest BCUT2D eigenvalue weighted by Gasteiger charge is 2.13. The number of anilines is 1. The number of aryl methyl sites for hydroxylation is 1. The van der Waals surface area contributed by atoms with E-state index in [1.54, 1.807) is 12.3 Å². The minimum Gasteiger partial charge on any atom is -0.486 e. The first-order valence-corrected chi connectivity index (χ1v) is 8.97. The molecule has 0 spiro atoms. The quantitative estimate of drug-likeness (QED) is 0.714. The Hall–Kier alpha value is -3.28. The molecule has 0 radical (unpaired) electrons. The maximum atomic E-state index is 12.2. The van der Waals surface area contributed by atoms with Crippen LogP contribution in [0.1, 0.15) is 18.7 Å². The molecule has 0 atom stereocenters. The summed E-state index contributed by atoms with van der Waals surface area (Å²) in [6, 6.07) is 15.2. The zero-order chi connectivity index (χ0) is 18.5. The summed E-state index contributed by atoms with van der Waals surface area (Å²) < 4.78 is 16.8. The van der Waals surface area contributed by atoms with Gasteiger partial charge in [0.2, 0.25) is 5.91 Å². The second kappa shape index (κ2) is 7.95. The van der Waals surface area contributed by atoms with Gasteiger partial charge in [0.15, 0.2) is 23.1 Å². The monoisotopic (exact) mass is 364 g/mol. The van der Waals surface area contributed by atoms with Crippen LogP contribution in [0, 0.1) is 0 Å². The molecular weight excluding hydrogens is 344 g/mol. The molecule has 2 aromatic carbocycles. The molecule has 0 saturated carbocycles. The van der Waals surface area contributed by atoms with Crippen LogP contribution in [0.5, 0.6) is 11.5 Å². The number of ether oxygens (including phenoxy) is 2. The van der Waals surface area contributed by atoms with Gasteiger partial charge in [-0.1, -0.05) is 30.3 Å². The van der Waals surface area contributed by atoms with Crippen molar-refractivity contribution in [3.05, 3.63) is 60.6 Å². The lowest BCUT2D eigenvalue weighted by molar-refractivity contribution is -0.116. The van der Waals surface area contributed by atoms with Crippen LogP contribution >= 0.6 is 0 Å². The predicted molar refractivity (Wildman–Crippen MR) is 101 cm³/mol. The van der Waals surface area contributed by atoms with E-state index in [2.05, 4.69) is 10.3 Å². The van der Waals surface area contributed by atoms with Gasteiger partial charge in [-0.3, -0.25) is 4.79 Å². The van der Waals surface area contributed by atoms with Gasteiger partial charge in [0.1, 0.15) is 13.2 Å². The number of hydrogen-bond donors (Lipinski definition) is 1. The fraction of sp³-hybridized carbons (Fsp3) is 0.238. The Bertz CT molecular complexity index is 921. The average molecular weight is 364 g/mol. The van der Waals surface area contributed by atoms with Crippen LogP contribution in [-0.2, 0) is 11.2 Å². The Morgan fingerprint density at radius 2 is 1.85 bits per heavy atom. The van der Waals surface area contributed by atoms with Crippen molar-refractivity contribution in [2.75, 3.05) is 18.5 Å². The number of rotatable bonds is 6. The molecule has 0 fully saturated rings. The van der Waals surface area contributed by atoms with E-state index in [9.17, 15) is 4.79 Å². The summed E-state index contributed by atoms with van der Waals surface area (Å²) in [6.07, 6.45) is 3.38. The van der Waals surface area contributed by atoms with Gasteiger partial charge in [-0.2, -0.15) is 0 Å². The van der Waals surface area contributed by atoms with Gasteiger partial charge >= 0.3 is 0 Å². The second-order valence-electron chi connectivity index (χ2n) is 6.24. The van der Waals surface area contributed by atoms with Crippen molar-refractivity contribution in [3.8, 4) is 22.8 Å². The Labute approximate surface area is 157 Å². The molecule has 6 heteroatoms. The van der Waals surface area contributed by atoms with Crippen LogP contribution in [0.15, 0.2) is 59.1 Å². The fourth-order valence-corrected chi connectivity index (χ4v) is 2.91. The Balaban J connectivity index is 1.27. The summed E-state index contributed by atoms with van der Waals surface area (Å²) in [6.45, 7) is 1.07. The van der Waals surface area contributed by atoms with Gasteiger partial charge in [-0.15, -0.1) is 0 Å². The molecule has 4 rings (SSSR count). The van der Waals surface area contributed by atoms with Crippen molar-refractivity contribution in [1.29, 1.82) is 0 Å². The zero-order valence-corrected chi connectivity index (χ0v) is 14.8. The minimum atomic E-state index is -0.0542. The van der Waals surface area contributed by atoms with Crippen LogP contribution in [0.25, 0.3) is 11.3 Å². The lowest BCUT2D eigenvalue weighted by Gasteiger charge is -2.19. The van der Waals surface area contributed by atoms with E-state index >= 15 is 0 Å². The van der Waals surface area contributed by atoms with Gasteiger partial charge in [-0.05, 0) is 18.6 Å². The van der Waals surface area contributed by atoms with Crippen LogP contribution in [0.2, 0.25) is 0 Å². The average Bonchev–Trinajstić information content (AvgIpc) is 3.17. The van der Waals surface area contributed by atoms with Crippen molar-refractivity contribution in [2.45, 2.75) is 19.3 Å². The second-order valence-corrected chi connectivity index (χ2v) is 6.24. The smallest absolute Gasteiger partial charge is 0.224 e. The maximum absolute atomic E-state index is 12.2. The minimum absolute atomic E-state index is 0.0542. The molecule has 1 amide bonds. The molecule has 1 aromatic heterocycles. The van der Waals surface area contributed by atoms with E-state index in [1.165, 1.54) is 0 Å². The summed E-state index contributed by atoms with van der Waals surface area (Å²) in [5.41, 5.74) is 1.69. The van der Waals surface area contributed by atoms with E-state index in [0.29, 0.717) is 55.6 Å². The molecule has 0 aliphatic carbocycles. The lowest BCUT2D eigenvalue weighted by Crippen LogP contribution is -2.16. The number of aromatic nitrogens is 1. The maximum Gasteiger partial charge on any atom is 0.224 e. The topological polar surface area (TPSA) is 73.6 Å². The number of fused-ring (bicyclic) bond motifs is 1. The summed E-state index contributed by atoms with van der Waals surface area (Å²) in [5, 5.41) is 2.88. The highest BCUT2D eigenvalue weighted by Crippen LogP contribution is 2.32. The number of carbonyl (C=O) groups excluding carboxylic acids is 1. The third-order valence-electron chi connectivity index (χ3n) is 4.23. The Morgan fingerprint density at radius 3 is 2.70 bits per heavy atom. The number of oxazole rings is 1.